The van der Waals surface area contributed by atoms with Gasteiger partial charge in [0.25, 0.3) is 0 Å². The van der Waals surface area contributed by atoms with Gasteiger partial charge in [-0.15, -0.1) is 0 Å². The molecule has 1 atom stereocenters. The van der Waals surface area contributed by atoms with Crippen molar-refractivity contribution in [1.82, 2.24) is 0 Å². The van der Waals surface area contributed by atoms with Gasteiger partial charge in [-0.3, -0.25) is 14.9 Å². The molecule has 0 radical (unpaired) electrons. The second-order valence-corrected chi connectivity index (χ2v) is 6.18. The van der Waals surface area contributed by atoms with E-state index in [1.165, 1.54) is 25.7 Å². The van der Waals surface area contributed by atoms with Crippen molar-refractivity contribution in [3.05, 3.63) is 22.3 Å². The molecular formula is C18H33NO4. The van der Waals surface area contributed by atoms with E-state index >= 15 is 0 Å². The smallest absolute Gasteiger partial charge is 0.303 e. The number of rotatable bonds is 16. The molecule has 134 valence electrons. The van der Waals surface area contributed by atoms with Gasteiger partial charge in [0.05, 0.1) is 0 Å². The maximum absolute atomic E-state index is 11.0. The highest BCUT2D eigenvalue weighted by Crippen LogP contribution is 2.12. The fraction of sp³-hybridized carbons (Fsp3) is 0.833. The Morgan fingerprint density at radius 3 is 2.30 bits per heavy atom. The predicted molar refractivity (Wildman–Crippen MR) is 93.3 cm³/mol. The van der Waals surface area contributed by atoms with Gasteiger partial charge in [-0.1, -0.05) is 57.9 Å². The Bertz CT molecular complexity index is 342. The third-order valence-corrected chi connectivity index (χ3v) is 3.99. The Balaban J connectivity index is 3.69. The number of hydrogen-bond donors (Lipinski definition) is 1. The highest BCUT2D eigenvalue weighted by Gasteiger charge is 2.14. The van der Waals surface area contributed by atoms with Crippen LogP contribution in [0.2, 0.25) is 0 Å². The monoisotopic (exact) mass is 327 g/mol. The van der Waals surface area contributed by atoms with Gasteiger partial charge in [-0.25, -0.2) is 0 Å². The van der Waals surface area contributed by atoms with Crippen molar-refractivity contribution in [1.29, 1.82) is 0 Å². The van der Waals surface area contributed by atoms with Gasteiger partial charge in [0.15, 0.2) is 0 Å². The average Bonchev–Trinajstić information content (AvgIpc) is 2.50. The maximum atomic E-state index is 11.0. The van der Waals surface area contributed by atoms with E-state index in [2.05, 4.69) is 6.92 Å². The summed E-state index contributed by atoms with van der Waals surface area (Å²) < 4.78 is 0. The topological polar surface area (TPSA) is 80.4 Å². The van der Waals surface area contributed by atoms with Crippen LogP contribution >= 0.6 is 0 Å². The van der Waals surface area contributed by atoms with Gasteiger partial charge in [0, 0.05) is 17.8 Å². The molecule has 1 N–H and O–H groups in total. The highest BCUT2D eigenvalue weighted by atomic mass is 16.6. The SMILES string of the molecule is CCCCCCCCC(/C=C/CCCCCCC(=O)O)[N+](=O)[O-]. The van der Waals surface area contributed by atoms with Crippen molar-refractivity contribution in [3.8, 4) is 0 Å². The number of aliphatic carboxylic acids is 1. The standard InChI is InChI=1S/C18H33NO4/c1-2-3-4-5-8-11-14-17(19(22)23)15-12-9-6-7-10-13-16-18(20)21/h12,15,17H,2-11,13-14,16H2,1H3,(H,20,21)/b15-12+. The molecule has 0 aromatic heterocycles. The molecule has 0 aromatic rings. The highest BCUT2D eigenvalue weighted by molar-refractivity contribution is 5.66. The van der Waals surface area contributed by atoms with Gasteiger partial charge in [-0.2, -0.15) is 0 Å². The Morgan fingerprint density at radius 2 is 1.65 bits per heavy atom. The fourth-order valence-corrected chi connectivity index (χ4v) is 2.55. The van der Waals surface area contributed by atoms with Crippen LogP contribution in [0.3, 0.4) is 0 Å². The van der Waals surface area contributed by atoms with Crippen molar-refractivity contribution < 1.29 is 14.8 Å². The molecule has 0 fully saturated rings. The first-order valence-electron chi connectivity index (χ1n) is 9.09. The van der Waals surface area contributed by atoms with Crippen LogP contribution in [0.4, 0.5) is 0 Å². The van der Waals surface area contributed by atoms with Gasteiger partial charge in [-0.05, 0) is 31.8 Å². The van der Waals surface area contributed by atoms with Crippen LogP contribution in [0.25, 0.3) is 0 Å². The molecule has 0 spiro atoms. The zero-order valence-electron chi connectivity index (χ0n) is 14.5. The number of nitro groups is 1. The van der Waals surface area contributed by atoms with E-state index in [0.717, 1.165) is 38.5 Å². The predicted octanol–water partition coefficient (Wildman–Crippen LogP) is 5.36. The fourth-order valence-electron chi connectivity index (χ4n) is 2.55. The van der Waals surface area contributed by atoms with Crippen LogP contribution < -0.4 is 0 Å². The summed E-state index contributed by atoms with van der Waals surface area (Å²) in [5, 5.41) is 19.6. The Kier molecular flexibility index (Phi) is 14.6. The van der Waals surface area contributed by atoms with Crippen LogP contribution in [-0.4, -0.2) is 22.0 Å². The molecular weight excluding hydrogens is 294 g/mol. The second kappa shape index (κ2) is 15.5. The molecule has 5 heteroatoms. The maximum Gasteiger partial charge on any atom is 0.303 e. The number of unbranched alkanes of at least 4 members (excludes halogenated alkanes) is 9. The molecule has 0 rings (SSSR count). The van der Waals surface area contributed by atoms with E-state index in [4.69, 9.17) is 5.11 Å². The molecule has 0 saturated heterocycles. The molecule has 5 nitrogen and oxygen atoms in total. The minimum atomic E-state index is -0.742. The van der Waals surface area contributed by atoms with E-state index in [1.54, 1.807) is 6.08 Å². The Labute approximate surface area is 140 Å². The summed E-state index contributed by atoms with van der Waals surface area (Å²) in [6, 6.07) is -0.548. The van der Waals surface area contributed by atoms with Crippen molar-refractivity contribution >= 4 is 5.97 Å². The summed E-state index contributed by atoms with van der Waals surface area (Å²) in [6.45, 7) is 2.18. The normalized spacial score (nSPS) is 12.6. The number of carbonyl (C=O) groups is 1. The molecule has 0 amide bonds. The van der Waals surface area contributed by atoms with Crippen molar-refractivity contribution in [2.24, 2.45) is 0 Å². The average molecular weight is 327 g/mol. The second-order valence-electron chi connectivity index (χ2n) is 6.18. The van der Waals surface area contributed by atoms with Crippen molar-refractivity contribution in [3.63, 3.8) is 0 Å². The van der Waals surface area contributed by atoms with Crippen LogP contribution in [-0.2, 0) is 4.79 Å². The summed E-state index contributed by atoms with van der Waals surface area (Å²) in [5.74, 6) is -0.742. The minimum Gasteiger partial charge on any atom is -0.481 e. The van der Waals surface area contributed by atoms with Crippen molar-refractivity contribution in [2.45, 2.75) is 96.4 Å². The molecule has 0 aliphatic rings. The lowest BCUT2D eigenvalue weighted by Gasteiger charge is -2.05. The van der Waals surface area contributed by atoms with E-state index < -0.39 is 12.0 Å². The Morgan fingerprint density at radius 1 is 1.04 bits per heavy atom. The first-order valence-corrected chi connectivity index (χ1v) is 9.09. The first kappa shape index (κ1) is 21.6. The summed E-state index contributed by atoms with van der Waals surface area (Å²) in [6.07, 6.45) is 15.8. The van der Waals surface area contributed by atoms with E-state index in [0.29, 0.717) is 12.8 Å². The molecule has 0 heterocycles. The number of carboxylic acids is 1. The number of carboxylic acid groups (broad SMARTS) is 1. The Hall–Kier alpha value is -1.39. The van der Waals surface area contributed by atoms with Crippen LogP contribution in [0.15, 0.2) is 12.2 Å². The van der Waals surface area contributed by atoms with Crippen LogP contribution in [0, 0.1) is 10.1 Å². The molecule has 0 bridgehead atoms. The van der Waals surface area contributed by atoms with Gasteiger partial charge >= 0.3 is 5.97 Å². The van der Waals surface area contributed by atoms with E-state index in [1.807, 2.05) is 6.08 Å². The summed E-state index contributed by atoms with van der Waals surface area (Å²) in [7, 11) is 0. The summed E-state index contributed by atoms with van der Waals surface area (Å²) in [5.41, 5.74) is 0. The molecule has 0 aliphatic heterocycles. The van der Waals surface area contributed by atoms with Crippen molar-refractivity contribution in [2.75, 3.05) is 0 Å². The molecule has 0 saturated carbocycles. The molecule has 1 unspecified atom stereocenters. The zero-order valence-corrected chi connectivity index (χ0v) is 14.5. The summed E-state index contributed by atoms with van der Waals surface area (Å²) in [4.78, 5) is 21.2. The minimum absolute atomic E-state index is 0.185. The lowest BCUT2D eigenvalue weighted by atomic mass is 10.0. The van der Waals surface area contributed by atoms with E-state index in [9.17, 15) is 14.9 Å². The largest absolute Gasteiger partial charge is 0.481 e. The van der Waals surface area contributed by atoms with Gasteiger partial charge in [0.1, 0.15) is 0 Å². The third kappa shape index (κ3) is 15.3. The number of hydrogen-bond acceptors (Lipinski definition) is 3. The molecule has 0 aromatic carbocycles. The number of allylic oxidation sites excluding steroid dienone is 1. The summed E-state index contributed by atoms with van der Waals surface area (Å²) >= 11 is 0. The van der Waals surface area contributed by atoms with Crippen LogP contribution in [0.5, 0.6) is 0 Å². The van der Waals surface area contributed by atoms with Gasteiger partial charge < -0.3 is 5.11 Å². The lowest BCUT2D eigenvalue weighted by molar-refractivity contribution is -0.510. The zero-order chi connectivity index (χ0) is 17.3. The first-order chi connectivity index (χ1) is 11.1. The molecule has 23 heavy (non-hydrogen) atoms. The number of nitrogens with zero attached hydrogens (tertiary/aromatic N) is 1. The van der Waals surface area contributed by atoms with E-state index in [-0.39, 0.29) is 11.3 Å². The quantitative estimate of drug-likeness (QED) is 0.179. The lowest BCUT2D eigenvalue weighted by Crippen LogP contribution is -2.16. The van der Waals surface area contributed by atoms with Crippen LogP contribution in [0.1, 0.15) is 90.4 Å². The molecule has 0 aliphatic carbocycles. The third-order valence-electron chi connectivity index (χ3n) is 3.99. The van der Waals surface area contributed by atoms with Gasteiger partial charge in [0.2, 0.25) is 6.04 Å².